The molecule has 0 spiro atoms. The molecule has 1 N–H and O–H groups in total. The number of aliphatic hydroxyl groups is 1. The lowest BCUT2D eigenvalue weighted by Gasteiger charge is -2.30. The maximum atomic E-state index is 12.7. The summed E-state index contributed by atoms with van der Waals surface area (Å²) < 4.78 is 44.5. The fourth-order valence-electron chi connectivity index (χ4n) is 3.22. The largest absolute Gasteiger partial charge is 0.444 e. The van der Waals surface area contributed by atoms with E-state index < -0.39 is 35.1 Å². The highest BCUT2D eigenvalue weighted by Crippen LogP contribution is 2.30. The molecule has 0 radical (unpaired) electrons. The van der Waals surface area contributed by atoms with Crippen LogP contribution in [-0.2, 0) is 30.4 Å². The highest BCUT2D eigenvalue weighted by Gasteiger charge is 2.30. The fraction of sp³-hybridized carbons (Fsp3) is 0.476. The van der Waals surface area contributed by atoms with Gasteiger partial charge in [-0.3, -0.25) is 4.79 Å². The van der Waals surface area contributed by atoms with Gasteiger partial charge in [-0.25, -0.2) is 9.48 Å². The molecular weight excluding hydrogens is 415 g/mol. The molecule has 0 aliphatic carbocycles. The summed E-state index contributed by atoms with van der Waals surface area (Å²) in [4.78, 5) is 26.2. The summed E-state index contributed by atoms with van der Waals surface area (Å²) in [6.07, 6.45) is -5.73. The maximum absolute atomic E-state index is 12.7. The molecule has 1 aromatic heterocycles. The van der Waals surface area contributed by atoms with Crippen LogP contribution in [0.1, 0.15) is 49.3 Å². The van der Waals surface area contributed by atoms with Crippen molar-refractivity contribution >= 4 is 6.09 Å². The van der Waals surface area contributed by atoms with Crippen molar-refractivity contribution < 1.29 is 27.8 Å². The summed E-state index contributed by atoms with van der Waals surface area (Å²) in [6.45, 7) is 5.66. The summed E-state index contributed by atoms with van der Waals surface area (Å²) in [5, 5.41) is 14.7. The van der Waals surface area contributed by atoms with Crippen molar-refractivity contribution in [1.82, 2.24) is 14.7 Å². The number of aromatic nitrogens is 2. The van der Waals surface area contributed by atoms with Crippen LogP contribution < -0.4 is 5.56 Å². The lowest BCUT2D eigenvalue weighted by atomic mass is 10.1. The van der Waals surface area contributed by atoms with E-state index in [4.69, 9.17) is 4.74 Å². The van der Waals surface area contributed by atoms with Crippen molar-refractivity contribution in [3.05, 3.63) is 63.1 Å². The molecule has 2 heterocycles. The van der Waals surface area contributed by atoms with Crippen LogP contribution in [0.2, 0.25) is 0 Å². The Labute approximate surface area is 177 Å². The van der Waals surface area contributed by atoms with Gasteiger partial charge < -0.3 is 14.7 Å². The van der Waals surface area contributed by atoms with Crippen molar-refractivity contribution in [2.45, 2.75) is 58.2 Å². The maximum Gasteiger partial charge on any atom is 0.416 e. The van der Waals surface area contributed by atoms with Gasteiger partial charge in [-0.1, -0.05) is 12.1 Å². The molecule has 1 atom stereocenters. The van der Waals surface area contributed by atoms with E-state index in [-0.39, 0.29) is 18.7 Å². The third kappa shape index (κ3) is 5.63. The minimum absolute atomic E-state index is 0.189. The van der Waals surface area contributed by atoms with E-state index in [1.807, 2.05) is 0 Å². The number of nitrogens with zero attached hydrogens (tertiary/aromatic N) is 3. The Kier molecular flexibility index (Phi) is 6.13. The number of fused-ring (bicyclic) bond motifs is 1. The van der Waals surface area contributed by atoms with Gasteiger partial charge in [0.1, 0.15) is 5.60 Å². The topological polar surface area (TPSA) is 84.7 Å². The summed E-state index contributed by atoms with van der Waals surface area (Å²) in [6, 6.07) is 5.48. The van der Waals surface area contributed by atoms with Gasteiger partial charge in [0, 0.05) is 24.6 Å². The summed E-state index contributed by atoms with van der Waals surface area (Å²) in [5.74, 6) is 0. The number of halogens is 3. The average molecular weight is 439 g/mol. The Morgan fingerprint density at radius 2 is 1.87 bits per heavy atom. The number of carbonyl (C=O) groups excluding carboxylic acids is 1. The Morgan fingerprint density at radius 1 is 1.23 bits per heavy atom. The first-order chi connectivity index (χ1) is 14.3. The zero-order valence-electron chi connectivity index (χ0n) is 17.4. The highest BCUT2D eigenvalue weighted by molar-refractivity contribution is 5.68. The van der Waals surface area contributed by atoms with Crippen LogP contribution in [-0.4, -0.2) is 38.0 Å². The van der Waals surface area contributed by atoms with Crippen LogP contribution in [0.3, 0.4) is 0 Å². The van der Waals surface area contributed by atoms with Gasteiger partial charge in [0.15, 0.2) is 0 Å². The Bertz CT molecular complexity index is 1010. The zero-order valence-corrected chi connectivity index (χ0v) is 17.4. The highest BCUT2D eigenvalue weighted by atomic mass is 19.4. The van der Waals surface area contributed by atoms with E-state index in [2.05, 4.69) is 5.10 Å². The predicted molar refractivity (Wildman–Crippen MR) is 105 cm³/mol. The molecule has 31 heavy (non-hydrogen) atoms. The monoisotopic (exact) mass is 439 g/mol. The van der Waals surface area contributed by atoms with Crippen molar-refractivity contribution in [2.24, 2.45) is 0 Å². The normalized spacial score (nSPS) is 15.4. The molecule has 10 heteroatoms. The number of ether oxygens (including phenoxy) is 1. The number of aliphatic hydroxyl groups excluding tert-OH is 1. The fourth-order valence-corrected chi connectivity index (χ4v) is 3.22. The predicted octanol–water partition coefficient (Wildman–Crippen LogP) is 3.29. The summed E-state index contributed by atoms with van der Waals surface area (Å²) in [7, 11) is 0. The van der Waals surface area contributed by atoms with Crippen molar-refractivity contribution in [1.29, 1.82) is 0 Å². The number of benzene rings is 1. The standard InChI is InChI=1S/C21H24F3N3O4/c1-20(2,3)31-19(30)26-9-8-16-14(11-26)10-18(29)27(25-16)12-17(28)13-4-6-15(7-5-13)21(22,23)24/h4-7,10,17,28H,8-9,11-12H2,1-3H3. The van der Waals surface area contributed by atoms with Gasteiger partial charge in [-0.05, 0) is 38.5 Å². The number of hydrogen-bond donors (Lipinski definition) is 1. The smallest absolute Gasteiger partial charge is 0.416 e. The molecule has 7 nitrogen and oxygen atoms in total. The van der Waals surface area contributed by atoms with Crippen LogP contribution in [0.15, 0.2) is 35.1 Å². The molecule has 3 rings (SSSR count). The zero-order chi connectivity index (χ0) is 23.0. The number of carbonyl (C=O) groups is 1. The molecule has 1 aromatic carbocycles. The number of alkyl halides is 3. The summed E-state index contributed by atoms with van der Waals surface area (Å²) >= 11 is 0. The minimum atomic E-state index is -4.46. The number of hydrogen-bond acceptors (Lipinski definition) is 5. The lowest BCUT2D eigenvalue weighted by molar-refractivity contribution is -0.137. The van der Waals surface area contributed by atoms with E-state index in [1.165, 1.54) is 23.1 Å². The van der Waals surface area contributed by atoms with Gasteiger partial charge in [0.25, 0.3) is 5.56 Å². The average Bonchev–Trinajstić information content (AvgIpc) is 2.66. The van der Waals surface area contributed by atoms with Crippen LogP contribution in [0, 0.1) is 0 Å². The Hall–Kier alpha value is -2.88. The van der Waals surface area contributed by atoms with E-state index >= 15 is 0 Å². The van der Waals surface area contributed by atoms with Gasteiger partial charge in [0.2, 0.25) is 0 Å². The van der Waals surface area contributed by atoms with E-state index in [9.17, 15) is 27.9 Å². The first-order valence-corrected chi connectivity index (χ1v) is 9.76. The van der Waals surface area contributed by atoms with Crippen LogP contribution >= 0.6 is 0 Å². The van der Waals surface area contributed by atoms with Crippen molar-refractivity contribution in [3.8, 4) is 0 Å². The first kappa shape index (κ1) is 22.8. The molecule has 0 saturated heterocycles. The van der Waals surface area contributed by atoms with Gasteiger partial charge in [-0.2, -0.15) is 18.3 Å². The Balaban J connectivity index is 1.72. The van der Waals surface area contributed by atoms with E-state index in [1.54, 1.807) is 20.8 Å². The Morgan fingerprint density at radius 3 is 2.45 bits per heavy atom. The van der Waals surface area contributed by atoms with Crippen LogP contribution in [0.4, 0.5) is 18.0 Å². The molecular formula is C21H24F3N3O4. The van der Waals surface area contributed by atoms with E-state index in [0.29, 0.717) is 24.2 Å². The molecule has 1 aliphatic rings. The molecule has 1 unspecified atom stereocenters. The molecule has 168 valence electrons. The van der Waals surface area contributed by atoms with E-state index in [0.717, 1.165) is 16.8 Å². The van der Waals surface area contributed by atoms with Crippen LogP contribution in [0.25, 0.3) is 0 Å². The molecule has 0 fully saturated rings. The third-order valence-electron chi connectivity index (χ3n) is 4.76. The number of amides is 1. The van der Waals surface area contributed by atoms with Crippen molar-refractivity contribution in [2.75, 3.05) is 6.54 Å². The lowest BCUT2D eigenvalue weighted by Crippen LogP contribution is -2.41. The molecule has 1 aliphatic heterocycles. The number of rotatable bonds is 3. The molecule has 0 bridgehead atoms. The quantitative estimate of drug-likeness (QED) is 0.794. The third-order valence-corrected chi connectivity index (χ3v) is 4.76. The second-order valence-corrected chi connectivity index (χ2v) is 8.42. The SMILES string of the molecule is CC(C)(C)OC(=O)N1CCc2nn(CC(O)c3ccc(C(F)(F)F)cc3)c(=O)cc2C1. The van der Waals surface area contributed by atoms with Gasteiger partial charge >= 0.3 is 12.3 Å². The molecule has 2 aromatic rings. The van der Waals surface area contributed by atoms with Gasteiger partial charge in [-0.15, -0.1) is 0 Å². The molecule has 0 saturated carbocycles. The second-order valence-electron chi connectivity index (χ2n) is 8.42. The van der Waals surface area contributed by atoms with Crippen LogP contribution in [0.5, 0.6) is 0 Å². The first-order valence-electron chi connectivity index (χ1n) is 9.76. The molecule has 1 amide bonds. The van der Waals surface area contributed by atoms with Crippen molar-refractivity contribution in [3.63, 3.8) is 0 Å². The van der Waals surface area contributed by atoms with Gasteiger partial charge in [0.05, 0.1) is 30.5 Å². The second kappa shape index (κ2) is 8.33. The minimum Gasteiger partial charge on any atom is -0.444 e. The summed E-state index contributed by atoms with van der Waals surface area (Å²) in [5.41, 5.74) is -0.456.